The smallest absolute Gasteiger partial charge is 0.174 e. The SMILES string of the molecule is CCNCc1cc(COc2ccc(Cl)c(Cl)c2)on1. The molecule has 0 aliphatic rings. The van der Waals surface area contributed by atoms with Crippen molar-refractivity contribution in [3.8, 4) is 5.75 Å². The summed E-state index contributed by atoms with van der Waals surface area (Å²) in [7, 11) is 0. The van der Waals surface area contributed by atoms with E-state index in [1.54, 1.807) is 18.2 Å². The second kappa shape index (κ2) is 6.80. The predicted molar refractivity (Wildman–Crippen MR) is 74.7 cm³/mol. The van der Waals surface area contributed by atoms with Crippen LogP contribution in [0.3, 0.4) is 0 Å². The molecule has 0 radical (unpaired) electrons. The minimum absolute atomic E-state index is 0.303. The fourth-order valence-electron chi connectivity index (χ4n) is 1.48. The number of ether oxygens (including phenoxy) is 1. The fraction of sp³-hybridized carbons (Fsp3) is 0.308. The topological polar surface area (TPSA) is 47.3 Å². The van der Waals surface area contributed by atoms with Gasteiger partial charge in [-0.15, -0.1) is 0 Å². The maximum Gasteiger partial charge on any atom is 0.174 e. The highest BCUT2D eigenvalue weighted by Crippen LogP contribution is 2.26. The third kappa shape index (κ3) is 4.13. The first-order valence-corrected chi connectivity index (χ1v) is 6.67. The van der Waals surface area contributed by atoms with Crippen LogP contribution in [-0.2, 0) is 13.2 Å². The van der Waals surface area contributed by atoms with E-state index in [1.165, 1.54) is 0 Å². The summed E-state index contributed by atoms with van der Waals surface area (Å²) in [6.45, 7) is 3.92. The van der Waals surface area contributed by atoms with Gasteiger partial charge in [-0.25, -0.2) is 0 Å². The van der Waals surface area contributed by atoms with Crippen LogP contribution in [0.25, 0.3) is 0 Å². The van der Waals surface area contributed by atoms with Crippen molar-refractivity contribution >= 4 is 23.2 Å². The first kappa shape index (κ1) is 14.2. The van der Waals surface area contributed by atoms with E-state index in [9.17, 15) is 0 Å². The van der Waals surface area contributed by atoms with Crippen molar-refractivity contribution in [1.29, 1.82) is 0 Å². The summed E-state index contributed by atoms with van der Waals surface area (Å²) in [6, 6.07) is 6.97. The largest absolute Gasteiger partial charge is 0.485 e. The number of rotatable bonds is 6. The lowest BCUT2D eigenvalue weighted by Gasteiger charge is -2.04. The summed E-state index contributed by atoms with van der Waals surface area (Å²) < 4.78 is 10.7. The van der Waals surface area contributed by atoms with Gasteiger partial charge >= 0.3 is 0 Å². The Morgan fingerprint density at radius 1 is 1.26 bits per heavy atom. The van der Waals surface area contributed by atoms with Gasteiger partial charge in [-0.05, 0) is 18.7 Å². The molecule has 0 saturated heterocycles. The summed E-state index contributed by atoms with van der Waals surface area (Å²) in [4.78, 5) is 0. The lowest BCUT2D eigenvalue weighted by Crippen LogP contribution is -2.11. The van der Waals surface area contributed by atoms with Crippen molar-refractivity contribution < 1.29 is 9.26 Å². The molecule has 1 N–H and O–H groups in total. The van der Waals surface area contributed by atoms with Crippen LogP contribution in [0, 0.1) is 0 Å². The van der Waals surface area contributed by atoms with Gasteiger partial charge in [0, 0.05) is 18.7 Å². The number of nitrogens with one attached hydrogen (secondary N) is 1. The molecule has 0 aliphatic heterocycles. The molecule has 4 nitrogen and oxygen atoms in total. The van der Waals surface area contributed by atoms with E-state index in [-0.39, 0.29) is 0 Å². The molecule has 2 rings (SSSR count). The highest BCUT2D eigenvalue weighted by Gasteiger charge is 2.06. The van der Waals surface area contributed by atoms with E-state index in [0.717, 1.165) is 12.2 Å². The van der Waals surface area contributed by atoms with Gasteiger partial charge in [-0.2, -0.15) is 0 Å². The Bertz CT molecular complexity index is 543. The lowest BCUT2D eigenvalue weighted by atomic mass is 10.3. The zero-order valence-electron chi connectivity index (χ0n) is 10.5. The maximum atomic E-state index is 5.90. The van der Waals surface area contributed by atoms with E-state index in [4.69, 9.17) is 32.5 Å². The van der Waals surface area contributed by atoms with Crippen molar-refractivity contribution in [2.75, 3.05) is 6.54 Å². The van der Waals surface area contributed by atoms with E-state index in [0.29, 0.717) is 34.7 Å². The van der Waals surface area contributed by atoms with E-state index >= 15 is 0 Å². The molecule has 19 heavy (non-hydrogen) atoms. The Labute approximate surface area is 121 Å². The molecule has 1 aromatic heterocycles. The van der Waals surface area contributed by atoms with Gasteiger partial charge in [0.25, 0.3) is 0 Å². The molecule has 0 atom stereocenters. The van der Waals surface area contributed by atoms with Crippen LogP contribution in [0.1, 0.15) is 18.4 Å². The summed E-state index contributed by atoms with van der Waals surface area (Å²) in [5, 5.41) is 8.07. The van der Waals surface area contributed by atoms with Crippen molar-refractivity contribution in [2.24, 2.45) is 0 Å². The zero-order chi connectivity index (χ0) is 13.7. The molecule has 0 fully saturated rings. The molecule has 0 bridgehead atoms. The average molecular weight is 301 g/mol. The van der Waals surface area contributed by atoms with Gasteiger partial charge in [0.2, 0.25) is 0 Å². The standard InChI is InChI=1S/C13H14Cl2N2O2/c1-2-16-7-9-5-11(19-17-9)8-18-10-3-4-12(14)13(15)6-10/h3-6,16H,2,7-8H2,1H3. The monoisotopic (exact) mass is 300 g/mol. The third-order valence-corrected chi connectivity index (χ3v) is 3.18. The third-order valence-electron chi connectivity index (χ3n) is 2.44. The maximum absolute atomic E-state index is 5.90. The second-order valence-corrected chi connectivity index (χ2v) is 4.74. The molecule has 6 heteroatoms. The van der Waals surface area contributed by atoms with E-state index in [2.05, 4.69) is 10.5 Å². The highest BCUT2D eigenvalue weighted by molar-refractivity contribution is 6.42. The molecule has 2 aromatic rings. The van der Waals surface area contributed by atoms with Gasteiger partial charge in [0.1, 0.15) is 12.4 Å². The van der Waals surface area contributed by atoms with Crippen LogP contribution in [0.2, 0.25) is 10.0 Å². The number of benzene rings is 1. The summed E-state index contributed by atoms with van der Waals surface area (Å²) in [5.74, 6) is 1.30. The van der Waals surface area contributed by atoms with Crippen molar-refractivity contribution in [2.45, 2.75) is 20.1 Å². The Hall–Kier alpha value is -1.23. The van der Waals surface area contributed by atoms with Crippen LogP contribution in [0.15, 0.2) is 28.8 Å². The van der Waals surface area contributed by atoms with Crippen molar-refractivity contribution in [1.82, 2.24) is 10.5 Å². The lowest BCUT2D eigenvalue weighted by molar-refractivity contribution is 0.248. The summed E-state index contributed by atoms with van der Waals surface area (Å²) in [5.41, 5.74) is 0.856. The normalized spacial score (nSPS) is 10.7. The van der Waals surface area contributed by atoms with Gasteiger partial charge in [0.05, 0.1) is 15.7 Å². The van der Waals surface area contributed by atoms with Crippen LogP contribution in [0.5, 0.6) is 5.75 Å². The predicted octanol–water partition coefficient (Wildman–Crippen LogP) is 3.67. The average Bonchev–Trinajstić information content (AvgIpc) is 2.86. The highest BCUT2D eigenvalue weighted by atomic mass is 35.5. The van der Waals surface area contributed by atoms with Crippen LogP contribution >= 0.6 is 23.2 Å². The summed E-state index contributed by atoms with van der Waals surface area (Å²) >= 11 is 11.7. The number of nitrogens with zero attached hydrogens (tertiary/aromatic N) is 1. The first-order chi connectivity index (χ1) is 9.19. The summed E-state index contributed by atoms with van der Waals surface area (Å²) in [6.07, 6.45) is 0. The molecule has 1 aromatic carbocycles. The van der Waals surface area contributed by atoms with Gasteiger partial charge in [0.15, 0.2) is 5.76 Å². The van der Waals surface area contributed by atoms with Crippen LogP contribution < -0.4 is 10.1 Å². The molecule has 102 valence electrons. The minimum Gasteiger partial charge on any atom is -0.485 e. The Morgan fingerprint density at radius 2 is 2.11 bits per heavy atom. The Kier molecular flexibility index (Phi) is 5.07. The first-order valence-electron chi connectivity index (χ1n) is 5.92. The minimum atomic E-state index is 0.303. The van der Waals surface area contributed by atoms with Crippen molar-refractivity contribution in [3.63, 3.8) is 0 Å². The Balaban J connectivity index is 1.91. The Morgan fingerprint density at radius 3 is 2.84 bits per heavy atom. The quantitative estimate of drug-likeness (QED) is 0.884. The molecule has 0 amide bonds. The van der Waals surface area contributed by atoms with Gasteiger partial charge in [-0.1, -0.05) is 35.3 Å². The van der Waals surface area contributed by atoms with Crippen LogP contribution in [-0.4, -0.2) is 11.7 Å². The molecule has 0 spiro atoms. The van der Waals surface area contributed by atoms with Gasteiger partial charge < -0.3 is 14.6 Å². The van der Waals surface area contributed by atoms with Gasteiger partial charge in [-0.3, -0.25) is 0 Å². The number of hydrogen-bond donors (Lipinski definition) is 1. The van der Waals surface area contributed by atoms with Crippen molar-refractivity contribution in [3.05, 3.63) is 45.8 Å². The number of aromatic nitrogens is 1. The molecular weight excluding hydrogens is 287 g/mol. The molecular formula is C13H14Cl2N2O2. The number of halogens is 2. The van der Waals surface area contributed by atoms with Crippen LogP contribution in [0.4, 0.5) is 0 Å². The molecule has 0 saturated carbocycles. The van der Waals surface area contributed by atoms with E-state index < -0.39 is 0 Å². The van der Waals surface area contributed by atoms with E-state index in [1.807, 2.05) is 13.0 Å². The molecule has 1 heterocycles. The second-order valence-electron chi connectivity index (χ2n) is 3.93. The molecule has 0 unspecified atom stereocenters. The molecule has 0 aliphatic carbocycles. The fourth-order valence-corrected chi connectivity index (χ4v) is 1.77. The number of hydrogen-bond acceptors (Lipinski definition) is 4. The zero-order valence-corrected chi connectivity index (χ0v) is 12.0.